The minimum atomic E-state index is 0.590. The summed E-state index contributed by atoms with van der Waals surface area (Å²) in [7, 11) is 0. The molecular weight excluding hydrogens is 1630 g/mol. The van der Waals surface area contributed by atoms with Crippen LogP contribution in [0.5, 0.6) is 0 Å². The average molecular weight is 1700 g/mol. The molecule has 0 N–H and O–H groups in total. The minimum Gasteiger partial charge on any atom is -0.309 e. The Morgan fingerprint density at radius 2 is 0.470 bits per heavy atom. The molecule has 134 heavy (non-hydrogen) atoms. The lowest BCUT2D eigenvalue weighted by Gasteiger charge is -2.14. The van der Waals surface area contributed by atoms with E-state index in [1.54, 1.807) is 0 Å². The van der Waals surface area contributed by atoms with E-state index in [0.717, 1.165) is 198 Å². The number of nitrogens with zero attached hydrogens (tertiary/aromatic N) is 10. The van der Waals surface area contributed by atoms with E-state index >= 15 is 0 Å². The van der Waals surface area contributed by atoms with E-state index in [1.807, 2.05) is 0 Å². The Morgan fingerprint density at radius 1 is 0.149 bits per heavy atom. The Morgan fingerprint density at radius 3 is 0.993 bits per heavy atom. The maximum Gasteiger partial charge on any atom is 0.235 e. The lowest BCUT2D eigenvalue weighted by Crippen LogP contribution is -2.04. The molecule has 21 aromatic carbocycles. The maximum absolute atomic E-state index is 5.82. The fraction of sp³-hybridized carbons (Fsp3) is 0. The van der Waals surface area contributed by atoms with E-state index in [4.69, 9.17) is 19.9 Å². The Labute approximate surface area is 766 Å². The van der Waals surface area contributed by atoms with Crippen molar-refractivity contribution in [3.8, 4) is 90.5 Å². The SMILES string of the molecule is c1ccc(-c2ccc(-c3cccc(-n4c5ccccc5c5c6c7ccccc7n(-c7cccc8c7c7ccc(-c9ccc%10cc(-n%11c%12ccccc%12c%12c%13c%14ccccc%14n(-c%14cccc%15c%14c%14ccccc%14n%15-c%14nc(-c%15cccc%16ccccc%15%16)c%15ccccc%15n%14)c%13ccc%12%11)ccc%10c9)cc7n8-c7nc(-c8cccc9ccccc89)c8ccccc8n7)c6ccc54)c3)cc2)cc1. The van der Waals surface area contributed by atoms with Crippen LogP contribution in [0.25, 0.3) is 275 Å². The van der Waals surface area contributed by atoms with Crippen LogP contribution < -0.4 is 0 Å². The highest BCUT2D eigenvalue weighted by atomic mass is 15.2. The molecule has 0 atom stereocenters. The van der Waals surface area contributed by atoms with E-state index in [-0.39, 0.29) is 0 Å². The number of aromatic nitrogens is 10. The van der Waals surface area contributed by atoms with Crippen molar-refractivity contribution in [1.82, 2.24) is 47.3 Å². The van der Waals surface area contributed by atoms with Crippen molar-refractivity contribution in [1.29, 1.82) is 0 Å². The first-order valence-corrected chi connectivity index (χ1v) is 45.8. The highest BCUT2D eigenvalue weighted by Gasteiger charge is 2.30. The van der Waals surface area contributed by atoms with E-state index in [2.05, 4.69) is 476 Å². The Balaban J connectivity index is 0.582. The molecule has 620 valence electrons. The van der Waals surface area contributed by atoms with Crippen LogP contribution in [-0.2, 0) is 0 Å². The number of hydrogen-bond donors (Lipinski definition) is 0. The van der Waals surface area contributed by atoms with Gasteiger partial charge in [0.1, 0.15) is 0 Å². The van der Waals surface area contributed by atoms with Crippen molar-refractivity contribution in [2.24, 2.45) is 0 Å². The normalized spacial score (nSPS) is 12.2. The first kappa shape index (κ1) is 73.9. The number of benzene rings is 21. The largest absolute Gasteiger partial charge is 0.309 e. The molecule has 0 aliphatic rings. The van der Waals surface area contributed by atoms with Gasteiger partial charge in [-0.15, -0.1) is 0 Å². The standard InChI is InChI=1S/C124H74N10/c1-2-27-75(28-3-1)76-57-59-77(60-58-76)80-33-22-34-85(72-80)129-101-48-17-11-40-94(101)117-110(129)67-69-113-119(117)97-43-14-20-51-104(97)132(113)107-54-26-56-109-116(107)98-66-64-84(74-114(98)134(109)124-126-100-47-16-9-38-92(100)122(128-124)90-45-24-32-79-30-5-7-36-88(79)90)81-61-62-83-73-86(65-63-82(83)71-81)130-102-49-18-12-41-95(102)118-111(130)68-70-112-120(118)96-42-13-19-50-103(96)131(112)106-53-25-55-108-115(106)93-39-10-21-52-105(93)133(108)123-125-99-46-15-8-37-91(99)121(127-123)89-44-23-31-78-29-4-6-35-87(78)89/h1-74H. The third-order valence-electron chi connectivity index (χ3n) is 28.4. The highest BCUT2D eigenvalue weighted by molar-refractivity contribution is 6.32. The van der Waals surface area contributed by atoms with Crippen LogP contribution in [0.4, 0.5) is 0 Å². The second-order valence-electron chi connectivity index (χ2n) is 35.5. The van der Waals surface area contributed by atoms with Gasteiger partial charge in [-0.2, -0.15) is 0 Å². The van der Waals surface area contributed by atoms with Crippen molar-refractivity contribution in [3.63, 3.8) is 0 Å². The van der Waals surface area contributed by atoms with Crippen molar-refractivity contribution < 1.29 is 0 Å². The molecule has 0 amide bonds. The summed E-state index contributed by atoms with van der Waals surface area (Å²) in [5.41, 5.74) is 30.0. The summed E-state index contributed by atoms with van der Waals surface area (Å²) >= 11 is 0. The summed E-state index contributed by atoms with van der Waals surface area (Å²) in [5, 5.41) is 22.8. The third-order valence-corrected chi connectivity index (χ3v) is 28.4. The summed E-state index contributed by atoms with van der Waals surface area (Å²) < 4.78 is 14.6. The van der Waals surface area contributed by atoms with Gasteiger partial charge in [0, 0.05) is 97.9 Å². The quantitative estimate of drug-likeness (QED) is 0.129. The van der Waals surface area contributed by atoms with Crippen molar-refractivity contribution >= 4 is 185 Å². The molecule has 8 heterocycles. The predicted octanol–water partition coefficient (Wildman–Crippen LogP) is 32.0. The molecule has 0 unspecified atom stereocenters. The van der Waals surface area contributed by atoms with Gasteiger partial charge in [0.2, 0.25) is 11.9 Å². The average Bonchev–Trinajstić information content (AvgIpc) is 1.54. The van der Waals surface area contributed by atoms with Gasteiger partial charge in [0.15, 0.2) is 0 Å². The molecule has 0 spiro atoms. The molecule has 29 rings (SSSR count). The van der Waals surface area contributed by atoms with Gasteiger partial charge in [0.05, 0.1) is 100.0 Å². The molecule has 8 aromatic heterocycles. The molecule has 0 bridgehead atoms. The smallest absolute Gasteiger partial charge is 0.235 e. The van der Waals surface area contributed by atoms with Crippen LogP contribution in [-0.4, -0.2) is 47.3 Å². The van der Waals surface area contributed by atoms with Gasteiger partial charge >= 0.3 is 0 Å². The Bertz CT molecular complexity index is 10100. The maximum atomic E-state index is 5.82. The zero-order chi connectivity index (χ0) is 87.5. The summed E-state index contributed by atoms with van der Waals surface area (Å²) in [4.78, 5) is 22.5. The van der Waals surface area contributed by atoms with Crippen LogP contribution in [0, 0.1) is 0 Å². The Hall–Kier alpha value is -18.1. The number of fused-ring (bicyclic) bond motifs is 25. The summed E-state index contributed by atoms with van der Waals surface area (Å²) in [6, 6.07) is 164. The second kappa shape index (κ2) is 28.7. The summed E-state index contributed by atoms with van der Waals surface area (Å²) in [5.74, 6) is 1.21. The van der Waals surface area contributed by atoms with Crippen LogP contribution >= 0.6 is 0 Å². The second-order valence-corrected chi connectivity index (χ2v) is 35.5. The van der Waals surface area contributed by atoms with Crippen molar-refractivity contribution in [3.05, 3.63) is 449 Å². The summed E-state index contributed by atoms with van der Waals surface area (Å²) in [6.45, 7) is 0. The van der Waals surface area contributed by atoms with Gasteiger partial charge in [0.25, 0.3) is 0 Å². The van der Waals surface area contributed by atoms with E-state index < -0.39 is 0 Å². The summed E-state index contributed by atoms with van der Waals surface area (Å²) in [6.07, 6.45) is 0. The minimum absolute atomic E-state index is 0.590. The monoisotopic (exact) mass is 1700 g/mol. The van der Waals surface area contributed by atoms with Gasteiger partial charge < -0.3 is 18.3 Å². The van der Waals surface area contributed by atoms with Crippen LogP contribution in [0.3, 0.4) is 0 Å². The predicted molar refractivity (Wildman–Crippen MR) is 558 cm³/mol. The van der Waals surface area contributed by atoms with Crippen LogP contribution in [0.1, 0.15) is 0 Å². The van der Waals surface area contributed by atoms with Gasteiger partial charge in [-0.05, 0) is 193 Å². The van der Waals surface area contributed by atoms with Crippen LogP contribution in [0.15, 0.2) is 449 Å². The number of hydrogen-bond acceptors (Lipinski definition) is 4. The molecule has 0 aliphatic heterocycles. The molecule has 29 aromatic rings. The molecule has 0 fully saturated rings. The zero-order valence-corrected chi connectivity index (χ0v) is 72.2. The number of rotatable bonds is 11. The lowest BCUT2D eigenvalue weighted by molar-refractivity contribution is 1.01. The van der Waals surface area contributed by atoms with Crippen molar-refractivity contribution in [2.45, 2.75) is 0 Å². The lowest BCUT2D eigenvalue weighted by atomic mass is 9.99. The fourth-order valence-corrected chi connectivity index (χ4v) is 22.6. The molecule has 0 aliphatic carbocycles. The number of para-hydroxylation sites is 7. The first-order valence-electron chi connectivity index (χ1n) is 45.8. The van der Waals surface area contributed by atoms with E-state index in [0.29, 0.717) is 11.9 Å². The van der Waals surface area contributed by atoms with Crippen molar-refractivity contribution in [2.75, 3.05) is 0 Å². The molecule has 10 heteroatoms. The molecule has 0 saturated heterocycles. The van der Waals surface area contributed by atoms with Gasteiger partial charge in [-0.3, -0.25) is 9.13 Å². The molecular formula is C124H74N10. The molecule has 10 nitrogen and oxygen atoms in total. The molecule has 0 saturated carbocycles. The zero-order valence-electron chi connectivity index (χ0n) is 72.2. The Kier molecular flexibility index (Phi) is 15.8. The van der Waals surface area contributed by atoms with Gasteiger partial charge in [-0.1, -0.05) is 322 Å². The van der Waals surface area contributed by atoms with Crippen LogP contribution in [0.2, 0.25) is 0 Å². The first-order chi connectivity index (χ1) is 66.5. The van der Waals surface area contributed by atoms with Gasteiger partial charge in [-0.25, -0.2) is 19.9 Å². The van der Waals surface area contributed by atoms with E-state index in [1.165, 1.54) is 65.2 Å². The van der Waals surface area contributed by atoms with E-state index in [9.17, 15) is 0 Å². The third kappa shape index (κ3) is 10.8. The molecule has 0 radical (unpaired) electrons. The highest BCUT2D eigenvalue weighted by Crippen LogP contribution is 2.50. The fourth-order valence-electron chi connectivity index (χ4n) is 22.6. The topological polar surface area (TPSA) is 81.1 Å².